The summed E-state index contributed by atoms with van der Waals surface area (Å²) < 4.78 is 0. The third-order valence-electron chi connectivity index (χ3n) is 6.17. The Morgan fingerprint density at radius 1 is 0.792 bits per heavy atom. The maximum absolute atomic E-state index is 5.02. The Hall–Kier alpha value is 0.0823. The van der Waals surface area contributed by atoms with Gasteiger partial charge in [-0.15, -0.1) is 0 Å². The summed E-state index contributed by atoms with van der Waals surface area (Å²) >= 11 is 2.22. The van der Waals surface area contributed by atoms with Crippen molar-refractivity contribution in [3.8, 4) is 0 Å². The second kappa shape index (κ2) is 8.65. The van der Waals surface area contributed by atoms with Gasteiger partial charge in [-0.2, -0.15) is 6.66 Å². The Balaban J connectivity index is 0.000000815. The minimum absolute atomic E-state index is 0.900. The number of fused-ring (bicyclic) bond motifs is 1. The van der Waals surface area contributed by atoms with Gasteiger partial charge >= 0.3 is 27.7 Å². The molecule has 0 aromatic heterocycles. The normalized spacial score (nSPS) is 19.5. The Morgan fingerprint density at radius 3 is 1.83 bits per heavy atom. The average molecular weight is 452 g/mol. The van der Waals surface area contributed by atoms with Crippen LogP contribution < -0.4 is 5.30 Å². The van der Waals surface area contributed by atoms with E-state index in [1.807, 2.05) is 0 Å². The number of rotatable bonds is 3. The third kappa shape index (κ3) is 3.62. The van der Waals surface area contributed by atoms with E-state index in [4.69, 9.17) is 6.66 Å². The molecule has 4 rings (SSSR count). The van der Waals surface area contributed by atoms with Crippen LogP contribution in [0.5, 0.6) is 0 Å². The van der Waals surface area contributed by atoms with Gasteiger partial charge in [0.1, 0.15) is 0 Å². The van der Waals surface area contributed by atoms with Gasteiger partial charge in [-0.3, -0.25) is 0 Å². The predicted molar refractivity (Wildman–Crippen MR) is 106 cm³/mol. The molecular weight excluding hydrogens is 425 g/mol. The van der Waals surface area contributed by atoms with Crippen molar-refractivity contribution >= 4 is 32.9 Å². The van der Waals surface area contributed by atoms with Crippen LogP contribution >= 0.6 is 16.8 Å². The molecule has 0 heterocycles. The topological polar surface area (TPSA) is 0 Å². The molecule has 0 bridgehead atoms. The summed E-state index contributed by atoms with van der Waals surface area (Å²) in [6.45, 7) is 5.02. The molecule has 2 fully saturated rings. The summed E-state index contributed by atoms with van der Waals surface area (Å²) in [5.74, 6) is 0. The molecule has 0 saturated heterocycles. The minimum atomic E-state index is -1.27. The van der Waals surface area contributed by atoms with Gasteiger partial charge in [0.05, 0.1) is 5.30 Å². The van der Waals surface area contributed by atoms with Crippen molar-refractivity contribution in [2.24, 2.45) is 0 Å². The Morgan fingerprint density at radius 2 is 1.29 bits per heavy atom. The Kier molecular flexibility index (Phi) is 6.79. The quantitative estimate of drug-likeness (QED) is 0.272. The molecule has 2 saturated carbocycles. The van der Waals surface area contributed by atoms with Crippen molar-refractivity contribution in [1.82, 2.24) is 0 Å². The van der Waals surface area contributed by atoms with Gasteiger partial charge in [-0.05, 0) is 74.3 Å². The fraction of sp³-hybridized carbons (Fsp3) is 0.476. The molecule has 3 heteroatoms. The van der Waals surface area contributed by atoms with E-state index in [0.717, 1.165) is 11.3 Å². The number of benzene rings is 2. The zero-order chi connectivity index (χ0) is 17.0. The van der Waals surface area contributed by atoms with Crippen molar-refractivity contribution in [3.05, 3.63) is 49.1 Å². The molecule has 2 aliphatic carbocycles. The van der Waals surface area contributed by atoms with Crippen LogP contribution in [0.4, 0.5) is 0 Å². The average Bonchev–Trinajstić information content (AvgIpc) is 3.36. The van der Waals surface area contributed by atoms with E-state index in [-0.39, 0.29) is 0 Å². The predicted octanol–water partition coefficient (Wildman–Crippen LogP) is 6.85. The van der Waals surface area contributed by atoms with Crippen LogP contribution in [0.3, 0.4) is 0 Å². The van der Waals surface area contributed by atoms with Gasteiger partial charge in [-0.25, -0.2) is 0 Å². The van der Waals surface area contributed by atoms with Gasteiger partial charge in [-0.1, -0.05) is 37.6 Å². The van der Waals surface area contributed by atoms with E-state index in [0.29, 0.717) is 0 Å². The molecule has 2 aliphatic rings. The summed E-state index contributed by atoms with van der Waals surface area (Å²) in [5.41, 5.74) is 1.80. The molecule has 0 N–H and O–H groups in total. The molecule has 0 aliphatic heterocycles. The number of hydrogen-bond acceptors (Lipinski definition) is 0. The first-order chi connectivity index (χ1) is 11.8. The van der Waals surface area contributed by atoms with Gasteiger partial charge < -0.3 is 0 Å². The van der Waals surface area contributed by atoms with Crippen molar-refractivity contribution in [2.75, 3.05) is 0 Å². The number of halogens is 1. The van der Waals surface area contributed by atoms with Crippen LogP contribution in [0.15, 0.2) is 42.5 Å². The van der Waals surface area contributed by atoms with Crippen LogP contribution in [-0.2, 0) is 18.2 Å². The van der Waals surface area contributed by atoms with E-state index in [9.17, 15) is 0 Å². The summed E-state index contributed by atoms with van der Waals surface area (Å²) in [5, 5.41) is 4.39. The molecule has 0 amide bonds. The second-order valence-electron chi connectivity index (χ2n) is 7.34. The van der Waals surface area contributed by atoms with Gasteiger partial charge in [0, 0.05) is 11.3 Å². The molecule has 2 aromatic carbocycles. The molecule has 24 heavy (non-hydrogen) atoms. The monoisotopic (exact) mass is 451 g/mol. The summed E-state index contributed by atoms with van der Waals surface area (Å²) in [6, 6.07) is 16.1. The molecule has 0 nitrogen and oxygen atoms in total. The fourth-order valence-corrected chi connectivity index (χ4v) is 9.63. The van der Waals surface area contributed by atoms with E-state index < -0.39 is 7.26 Å². The SMILES string of the molecule is [CH2-][P+](c1ccc2ccccc2c1)(C1CCCC1)C1CCCC1.[Cl][Pd+]. The van der Waals surface area contributed by atoms with Gasteiger partial charge in [0.25, 0.3) is 0 Å². The first-order valence-electron chi connectivity index (χ1n) is 9.12. The standard InChI is InChI=1S/C21H27P.ClH.Pd/c1-22(19-10-4-5-11-19,20-12-6-7-13-20)21-15-14-17-8-2-3-9-18(17)16-21;;/h2-3,8-9,14-16,19-20H,1,4-7,10-13H2;1H;/q;;+2/p-1. The van der Waals surface area contributed by atoms with Crippen molar-refractivity contribution in [2.45, 2.75) is 62.7 Å². The molecular formula is C21H27ClPPd+. The summed E-state index contributed by atoms with van der Waals surface area (Å²) in [7, 11) is 3.22. The molecule has 132 valence electrons. The van der Waals surface area contributed by atoms with Crippen LogP contribution in [0, 0.1) is 6.66 Å². The molecule has 0 atom stereocenters. The molecule has 0 spiro atoms. The van der Waals surface area contributed by atoms with E-state index in [2.05, 4.69) is 70.2 Å². The van der Waals surface area contributed by atoms with E-state index in [1.165, 1.54) is 62.1 Å². The van der Waals surface area contributed by atoms with E-state index >= 15 is 0 Å². The van der Waals surface area contributed by atoms with Gasteiger partial charge in [0.2, 0.25) is 0 Å². The first-order valence-corrected chi connectivity index (χ1v) is 13.2. The fourth-order valence-electron chi connectivity index (χ4n) is 4.89. The van der Waals surface area contributed by atoms with Crippen LogP contribution in [0.25, 0.3) is 10.8 Å². The van der Waals surface area contributed by atoms with Crippen molar-refractivity contribution in [1.29, 1.82) is 0 Å². The Bertz CT molecular complexity index is 644. The third-order valence-corrected chi connectivity index (χ3v) is 11.0. The zero-order valence-corrected chi connectivity index (χ0v) is 17.4. The Labute approximate surface area is 162 Å². The molecule has 0 radical (unpaired) electrons. The van der Waals surface area contributed by atoms with Crippen molar-refractivity contribution in [3.63, 3.8) is 0 Å². The van der Waals surface area contributed by atoms with Crippen LogP contribution in [0.2, 0.25) is 0 Å². The first kappa shape index (κ1) is 18.9. The van der Waals surface area contributed by atoms with Crippen LogP contribution in [0.1, 0.15) is 51.4 Å². The van der Waals surface area contributed by atoms with Crippen molar-refractivity contribution < 1.29 is 18.2 Å². The second-order valence-corrected chi connectivity index (χ2v) is 11.2. The van der Waals surface area contributed by atoms with E-state index in [1.54, 1.807) is 5.30 Å². The molecule has 2 aromatic rings. The summed E-state index contributed by atoms with van der Waals surface area (Å²) in [6.07, 6.45) is 11.5. The van der Waals surface area contributed by atoms with Gasteiger partial charge in [0.15, 0.2) is 0 Å². The van der Waals surface area contributed by atoms with Crippen LogP contribution in [-0.4, -0.2) is 11.3 Å². The number of hydrogen-bond donors (Lipinski definition) is 0. The maximum atomic E-state index is 5.02. The molecule has 0 unspecified atom stereocenters. The summed E-state index contributed by atoms with van der Waals surface area (Å²) in [4.78, 5) is 0. The zero-order valence-electron chi connectivity index (χ0n) is 14.2.